The molecule has 1 aromatic carbocycles. The van der Waals surface area contributed by atoms with Crippen molar-refractivity contribution in [3.63, 3.8) is 0 Å². The molecule has 0 amide bonds. The zero-order valence-corrected chi connectivity index (χ0v) is 11.1. The summed E-state index contributed by atoms with van der Waals surface area (Å²) in [4.78, 5) is 11.6. The standard InChI is InChI=1S/C11H12BrClO2/c1-6-4-8(13)5-9(11(6)15-3)10(14)7(2)12/h4-5,7H,1-3H3. The lowest BCUT2D eigenvalue weighted by molar-refractivity contribution is 0.0993. The Morgan fingerprint density at radius 1 is 1.53 bits per heavy atom. The molecule has 1 unspecified atom stereocenters. The van der Waals surface area contributed by atoms with E-state index in [2.05, 4.69) is 15.9 Å². The van der Waals surface area contributed by atoms with Crippen LogP contribution >= 0.6 is 27.5 Å². The van der Waals surface area contributed by atoms with Gasteiger partial charge in [0.05, 0.1) is 17.5 Å². The van der Waals surface area contributed by atoms with Crippen LogP contribution in [-0.2, 0) is 0 Å². The van der Waals surface area contributed by atoms with Gasteiger partial charge in [-0.25, -0.2) is 0 Å². The van der Waals surface area contributed by atoms with Crippen LogP contribution in [0.25, 0.3) is 0 Å². The van der Waals surface area contributed by atoms with Gasteiger partial charge in [0.2, 0.25) is 0 Å². The first kappa shape index (κ1) is 12.5. The average Bonchev–Trinajstić information content (AvgIpc) is 2.15. The first-order valence-corrected chi connectivity index (χ1v) is 5.79. The number of carbonyl (C=O) groups is 1. The topological polar surface area (TPSA) is 26.3 Å². The number of hydrogen-bond acceptors (Lipinski definition) is 2. The number of ether oxygens (including phenoxy) is 1. The predicted molar refractivity (Wildman–Crippen MR) is 65.5 cm³/mol. The van der Waals surface area contributed by atoms with E-state index in [1.54, 1.807) is 26.2 Å². The van der Waals surface area contributed by atoms with Crippen molar-refractivity contribution in [1.29, 1.82) is 0 Å². The second kappa shape index (κ2) is 4.99. The summed E-state index contributed by atoms with van der Waals surface area (Å²) in [6, 6.07) is 3.41. The lowest BCUT2D eigenvalue weighted by Gasteiger charge is -2.12. The third-order valence-electron chi connectivity index (χ3n) is 2.07. The van der Waals surface area contributed by atoms with Crippen LogP contribution in [0.4, 0.5) is 0 Å². The molecule has 0 bridgehead atoms. The Morgan fingerprint density at radius 3 is 2.60 bits per heavy atom. The number of benzene rings is 1. The Balaban J connectivity index is 3.32. The number of halogens is 2. The van der Waals surface area contributed by atoms with Crippen LogP contribution in [0, 0.1) is 6.92 Å². The highest BCUT2D eigenvalue weighted by Gasteiger charge is 2.18. The average molecular weight is 292 g/mol. The zero-order chi connectivity index (χ0) is 11.6. The molecule has 1 aromatic rings. The van der Waals surface area contributed by atoms with Crippen LogP contribution in [0.1, 0.15) is 22.8 Å². The van der Waals surface area contributed by atoms with Gasteiger partial charge in [0.25, 0.3) is 0 Å². The SMILES string of the molecule is COc1c(C)cc(Cl)cc1C(=O)C(C)Br. The Bertz CT molecular complexity index is 388. The van der Waals surface area contributed by atoms with E-state index < -0.39 is 0 Å². The van der Waals surface area contributed by atoms with Crippen LogP contribution in [-0.4, -0.2) is 17.7 Å². The van der Waals surface area contributed by atoms with Crippen molar-refractivity contribution in [2.24, 2.45) is 0 Å². The van der Waals surface area contributed by atoms with Crippen LogP contribution in [0.3, 0.4) is 0 Å². The summed E-state index contributed by atoms with van der Waals surface area (Å²) in [5.74, 6) is 0.563. The molecule has 0 fully saturated rings. The molecule has 4 heteroatoms. The van der Waals surface area contributed by atoms with Crippen molar-refractivity contribution in [3.8, 4) is 5.75 Å². The van der Waals surface area contributed by atoms with Gasteiger partial charge in [-0.1, -0.05) is 27.5 Å². The lowest BCUT2D eigenvalue weighted by Crippen LogP contribution is -2.12. The fourth-order valence-electron chi connectivity index (χ4n) is 1.40. The molecular weight excluding hydrogens is 279 g/mol. The molecule has 82 valence electrons. The van der Waals surface area contributed by atoms with Crippen LogP contribution in [0.15, 0.2) is 12.1 Å². The van der Waals surface area contributed by atoms with Crippen molar-refractivity contribution in [1.82, 2.24) is 0 Å². The monoisotopic (exact) mass is 290 g/mol. The molecule has 0 aromatic heterocycles. The van der Waals surface area contributed by atoms with E-state index in [1.165, 1.54) is 0 Å². The van der Waals surface area contributed by atoms with E-state index in [9.17, 15) is 4.79 Å². The number of methoxy groups -OCH3 is 1. The van der Waals surface area contributed by atoms with E-state index in [4.69, 9.17) is 16.3 Å². The van der Waals surface area contributed by atoms with Crippen molar-refractivity contribution < 1.29 is 9.53 Å². The maximum atomic E-state index is 11.8. The van der Waals surface area contributed by atoms with Gasteiger partial charge >= 0.3 is 0 Å². The summed E-state index contributed by atoms with van der Waals surface area (Å²) in [6.45, 7) is 3.64. The van der Waals surface area contributed by atoms with E-state index in [1.807, 2.05) is 6.92 Å². The minimum Gasteiger partial charge on any atom is -0.496 e. The molecule has 0 heterocycles. The summed E-state index contributed by atoms with van der Waals surface area (Å²) >= 11 is 9.15. The Kier molecular flexibility index (Phi) is 4.17. The smallest absolute Gasteiger partial charge is 0.179 e. The van der Waals surface area contributed by atoms with Crippen LogP contribution in [0.2, 0.25) is 5.02 Å². The Morgan fingerprint density at radius 2 is 2.13 bits per heavy atom. The Labute approximate surface area is 103 Å². The molecule has 0 saturated carbocycles. The normalized spacial score (nSPS) is 12.3. The van der Waals surface area contributed by atoms with Crippen molar-refractivity contribution in [3.05, 3.63) is 28.3 Å². The van der Waals surface area contributed by atoms with Gasteiger partial charge in [0, 0.05) is 5.02 Å². The quantitative estimate of drug-likeness (QED) is 0.628. The molecule has 0 radical (unpaired) electrons. The molecule has 1 rings (SSSR count). The third-order valence-corrected chi connectivity index (χ3v) is 2.70. The fraction of sp³-hybridized carbons (Fsp3) is 0.364. The highest BCUT2D eigenvalue weighted by molar-refractivity contribution is 9.10. The number of alkyl halides is 1. The number of ketones is 1. The molecule has 0 spiro atoms. The second-order valence-corrected chi connectivity index (χ2v) is 5.09. The first-order chi connectivity index (χ1) is 6.97. The van der Waals surface area contributed by atoms with Crippen molar-refractivity contribution >= 4 is 33.3 Å². The molecular formula is C11H12BrClO2. The largest absolute Gasteiger partial charge is 0.496 e. The highest BCUT2D eigenvalue weighted by atomic mass is 79.9. The molecule has 1 atom stereocenters. The van der Waals surface area contributed by atoms with E-state index in [0.29, 0.717) is 16.3 Å². The van der Waals surface area contributed by atoms with Gasteiger partial charge in [0.1, 0.15) is 5.75 Å². The van der Waals surface area contributed by atoms with E-state index in [0.717, 1.165) is 5.56 Å². The van der Waals surface area contributed by atoms with Crippen molar-refractivity contribution in [2.75, 3.05) is 7.11 Å². The maximum absolute atomic E-state index is 11.8. The number of rotatable bonds is 3. The minimum atomic E-state index is -0.246. The molecule has 15 heavy (non-hydrogen) atoms. The molecule has 0 N–H and O–H groups in total. The second-order valence-electron chi connectivity index (χ2n) is 3.28. The summed E-state index contributed by atoms with van der Waals surface area (Å²) in [5.41, 5.74) is 1.38. The molecule has 0 aliphatic heterocycles. The van der Waals surface area contributed by atoms with Gasteiger partial charge in [0.15, 0.2) is 5.78 Å². The van der Waals surface area contributed by atoms with E-state index in [-0.39, 0.29) is 10.6 Å². The highest BCUT2D eigenvalue weighted by Crippen LogP contribution is 2.29. The van der Waals surface area contributed by atoms with Gasteiger partial charge < -0.3 is 4.74 Å². The number of hydrogen-bond donors (Lipinski definition) is 0. The molecule has 0 aliphatic carbocycles. The number of aryl methyl sites for hydroxylation is 1. The third kappa shape index (κ3) is 2.73. The van der Waals surface area contributed by atoms with Gasteiger partial charge in [-0.15, -0.1) is 0 Å². The lowest BCUT2D eigenvalue weighted by atomic mass is 10.0. The maximum Gasteiger partial charge on any atom is 0.179 e. The Hall–Kier alpha value is -0.540. The predicted octanol–water partition coefficient (Wildman–Crippen LogP) is 3.62. The summed E-state index contributed by atoms with van der Waals surface area (Å²) < 4.78 is 5.20. The minimum absolute atomic E-state index is 0.0301. The summed E-state index contributed by atoms with van der Waals surface area (Å²) in [7, 11) is 1.55. The first-order valence-electron chi connectivity index (χ1n) is 4.49. The van der Waals surface area contributed by atoms with Crippen LogP contribution in [0.5, 0.6) is 5.75 Å². The van der Waals surface area contributed by atoms with Gasteiger partial charge in [-0.3, -0.25) is 4.79 Å². The number of Topliss-reactive ketones (excluding diaryl/α,β-unsaturated/α-hetero) is 1. The van der Waals surface area contributed by atoms with Gasteiger partial charge in [-0.2, -0.15) is 0 Å². The van der Waals surface area contributed by atoms with Crippen molar-refractivity contribution in [2.45, 2.75) is 18.7 Å². The summed E-state index contributed by atoms with van der Waals surface area (Å²) in [5, 5.41) is 0.546. The zero-order valence-electron chi connectivity index (χ0n) is 8.80. The summed E-state index contributed by atoms with van der Waals surface area (Å²) in [6.07, 6.45) is 0. The number of carbonyl (C=O) groups excluding carboxylic acids is 1. The fourth-order valence-corrected chi connectivity index (χ4v) is 1.92. The molecule has 0 saturated heterocycles. The van der Waals surface area contributed by atoms with Crippen LogP contribution < -0.4 is 4.74 Å². The van der Waals surface area contributed by atoms with E-state index >= 15 is 0 Å². The van der Waals surface area contributed by atoms with Gasteiger partial charge in [-0.05, 0) is 31.5 Å². The molecule has 2 nitrogen and oxygen atoms in total. The molecule has 0 aliphatic rings.